The molecule has 2 heterocycles. The number of benzene rings is 2. The number of para-hydroxylation sites is 2. The molecule has 2 aromatic carbocycles. The van der Waals surface area contributed by atoms with Crippen LogP contribution in [0, 0.1) is 0 Å². The van der Waals surface area contributed by atoms with E-state index in [4.69, 9.17) is 0 Å². The molecule has 1 aliphatic heterocycles. The molecule has 30 heavy (non-hydrogen) atoms. The summed E-state index contributed by atoms with van der Waals surface area (Å²) in [4.78, 5) is 32.7. The van der Waals surface area contributed by atoms with E-state index in [9.17, 15) is 9.59 Å². The monoisotopic (exact) mass is 404 g/mol. The van der Waals surface area contributed by atoms with E-state index >= 15 is 0 Å². The van der Waals surface area contributed by atoms with Gasteiger partial charge in [0.2, 0.25) is 0 Å². The molecule has 0 saturated carbocycles. The van der Waals surface area contributed by atoms with E-state index in [1.54, 1.807) is 7.05 Å². The van der Waals surface area contributed by atoms with Gasteiger partial charge in [-0.15, -0.1) is 0 Å². The van der Waals surface area contributed by atoms with Crippen LogP contribution in [-0.2, 0) is 7.05 Å². The van der Waals surface area contributed by atoms with Crippen LogP contribution in [-0.4, -0.2) is 40.0 Å². The highest BCUT2D eigenvalue weighted by Crippen LogP contribution is 2.19. The molecule has 6 nitrogen and oxygen atoms in total. The Morgan fingerprint density at radius 2 is 1.73 bits per heavy atom. The van der Waals surface area contributed by atoms with E-state index in [0.29, 0.717) is 11.0 Å². The predicted octanol–water partition coefficient (Wildman–Crippen LogP) is 3.28. The maximum Gasteiger partial charge on any atom is 0.282 e. The number of amides is 1. The van der Waals surface area contributed by atoms with Crippen molar-refractivity contribution in [1.29, 1.82) is 0 Å². The average molecular weight is 405 g/mol. The zero-order chi connectivity index (χ0) is 20.9. The first-order valence-corrected chi connectivity index (χ1v) is 10.7. The molecule has 0 radical (unpaired) electrons. The van der Waals surface area contributed by atoms with Gasteiger partial charge in [0, 0.05) is 13.6 Å². The molecule has 3 aromatic rings. The summed E-state index contributed by atoms with van der Waals surface area (Å²) in [5, 5.41) is 3.08. The number of aryl methyl sites for hydroxylation is 1. The Hall–Kier alpha value is -2.99. The van der Waals surface area contributed by atoms with Gasteiger partial charge in [-0.2, -0.15) is 0 Å². The number of nitrogens with one attached hydrogen (secondary N) is 1. The minimum absolute atomic E-state index is 0.0601. The molecule has 0 aliphatic carbocycles. The smallest absolute Gasteiger partial charge is 0.282 e. The summed E-state index contributed by atoms with van der Waals surface area (Å²) in [5.41, 5.74) is 1.95. The second kappa shape index (κ2) is 9.22. The number of nitrogens with zero attached hydrogens (tertiary/aromatic N) is 3. The van der Waals surface area contributed by atoms with Crippen LogP contribution in [0.2, 0.25) is 0 Å². The molecule has 6 heteroatoms. The van der Waals surface area contributed by atoms with Crippen molar-refractivity contribution in [3.8, 4) is 0 Å². The van der Waals surface area contributed by atoms with Crippen molar-refractivity contribution in [2.45, 2.75) is 31.7 Å². The van der Waals surface area contributed by atoms with Gasteiger partial charge in [-0.25, -0.2) is 4.98 Å². The van der Waals surface area contributed by atoms with Gasteiger partial charge in [0.25, 0.3) is 11.5 Å². The highest BCUT2D eigenvalue weighted by molar-refractivity contribution is 5.94. The Morgan fingerprint density at radius 1 is 1.03 bits per heavy atom. The molecule has 1 unspecified atom stereocenters. The van der Waals surface area contributed by atoms with Gasteiger partial charge in [0.15, 0.2) is 5.69 Å². The molecular weight excluding hydrogens is 376 g/mol. The molecule has 1 amide bonds. The number of hydrogen-bond donors (Lipinski definition) is 1. The lowest BCUT2D eigenvalue weighted by Gasteiger charge is -2.28. The largest absolute Gasteiger partial charge is 0.344 e. The summed E-state index contributed by atoms with van der Waals surface area (Å²) in [6.07, 6.45) is 4.56. The molecule has 1 aromatic heterocycles. The lowest BCUT2D eigenvalue weighted by Crippen LogP contribution is -2.38. The van der Waals surface area contributed by atoms with Gasteiger partial charge in [0.1, 0.15) is 0 Å². The summed E-state index contributed by atoms with van der Waals surface area (Å²) in [6, 6.07) is 17.1. The van der Waals surface area contributed by atoms with Crippen LogP contribution in [0.15, 0.2) is 59.4 Å². The quantitative estimate of drug-likeness (QED) is 0.685. The van der Waals surface area contributed by atoms with Crippen LogP contribution in [0.25, 0.3) is 11.0 Å². The predicted molar refractivity (Wildman–Crippen MR) is 119 cm³/mol. The van der Waals surface area contributed by atoms with E-state index in [1.165, 1.54) is 23.8 Å². The van der Waals surface area contributed by atoms with Crippen LogP contribution in [0.3, 0.4) is 0 Å². The fraction of sp³-hybridized carbons (Fsp3) is 0.375. The van der Waals surface area contributed by atoms with Gasteiger partial charge in [-0.05, 0) is 50.0 Å². The van der Waals surface area contributed by atoms with Crippen molar-refractivity contribution in [3.05, 3.63) is 76.2 Å². The Labute approximate surface area is 176 Å². The number of piperidine rings is 1. The van der Waals surface area contributed by atoms with E-state index in [2.05, 4.69) is 15.2 Å². The van der Waals surface area contributed by atoms with E-state index in [-0.39, 0.29) is 17.3 Å². The van der Waals surface area contributed by atoms with Crippen LogP contribution in [0.1, 0.15) is 47.8 Å². The molecule has 4 rings (SSSR count). The number of fused-ring (bicyclic) bond motifs is 1. The highest BCUT2D eigenvalue weighted by Gasteiger charge is 2.22. The molecule has 1 aliphatic rings. The Bertz CT molecular complexity index is 1070. The summed E-state index contributed by atoms with van der Waals surface area (Å²) in [7, 11) is 1.67. The van der Waals surface area contributed by atoms with Crippen molar-refractivity contribution in [3.63, 3.8) is 0 Å². The number of carbonyl (C=O) groups is 1. The number of aromatic nitrogens is 2. The Morgan fingerprint density at radius 3 is 2.50 bits per heavy atom. The van der Waals surface area contributed by atoms with Crippen molar-refractivity contribution < 1.29 is 4.79 Å². The average Bonchev–Trinajstić information content (AvgIpc) is 2.80. The first kappa shape index (κ1) is 20.3. The first-order chi connectivity index (χ1) is 14.6. The lowest BCUT2D eigenvalue weighted by molar-refractivity contribution is 0.0923. The van der Waals surface area contributed by atoms with Gasteiger partial charge in [-0.3, -0.25) is 9.59 Å². The molecule has 1 atom stereocenters. The van der Waals surface area contributed by atoms with E-state index < -0.39 is 5.91 Å². The summed E-state index contributed by atoms with van der Waals surface area (Å²) >= 11 is 0. The van der Waals surface area contributed by atoms with Crippen molar-refractivity contribution in [2.75, 3.05) is 19.6 Å². The van der Waals surface area contributed by atoms with Crippen LogP contribution < -0.4 is 10.9 Å². The summed E-state index contributed by atoms with van der Waals surface area (Å²) < 4.78 is 1.49. The molecule has 1 N–H and O–H groups in total. The van der Waals surface area contributed by atoms with Gasteiger partial charge in [0.05, 0.1) is 17.1 Å². The number of likely N-dealkylation sites (tertiary alicyclic amines) is 1. The van der Waals surface area contributed by atoms with Crippen molar-refractivity contribution in [2.24, 2.45) is 7.05 Å². The lowest BCUT2D eigenvalue weighted by atomic mass is 10.0. The van der Waals surface area contributed by atoms with E-state index in [1.807, 2.05) is 54.6 Å². The topological polar surface area (TPSA) is 67.2 Å². The van der Waals surface area contributed by atoms with Gasteiger partial charge >= 0.3 is 0 Å². The van der Waals surface area contributed by atoms with E-state index in [0.717, 1.165) is 31.6 Å². The SMILES string of the molecule is Cn1c(=O)c(C(=O)NC(CCN2CCCCC2)c2ccccc2)nc2ccccc21. The molecule has 0 spiro atoms. The number of carbonyl (C=O) groups excluding carboxylic acids is 1. The highest BCUT2D eigenvalue weighted by atomic mass is 16.2. The molecule has 1 saturated heterocycles. The van der Waals surface area contributed by atoms with Crippen LogP contribution >= 0.6 is 0 Å². The third kappa shape index (κ3) is 4.44. The maximum atomic E-state index is 13.1. The second-order valence-corrected chi connectivity index (χ2v) is 7.94. The number of hydrogen-bond acceptors (Lipinski definition) is 4. The number of rotatable bonds is 6. The fourth-order valence-corrected chi connectivity index (χ4v) is 4.16. The zero-order valence-electron chi connectivity index (χ0n) is 17.4. The molecular formula is C24H28N4O2. The summed E-state index contributed by atoms with van der Waals surface area (Å²) in [5.74, 6) is -0.422. The van der Waals surface area contributed by atoms with Crippen molar-refractivity contribution >= 4 is 16.9 Å². The third-order valence-corrected chi connectivity index (χ3v) is 5.89. The third-order valence-electron chi connectivity index (χ3n) is 5.89. The van der Waals surface area contributed by atoms with Gasteiger partial charge < -0.3 is 14.8 Å². The Kier molecular flexibility index (Phi) is 6.23. The second-order valence-electron chi connectivity index (χ2n) is 7.94. The Balaban J connectivity index is 1.57. The standard InChI is InChI=1S/C24H28N4O2/c1-27-21-13-7-6-12-20(21)25-22(24(27)30)23(29)26-19(18-10-4-2-5-11-18)14-17-28-15-8-3-9-16-28/h2,4-7,10-13,19H,3,8-9,14-17H2,1H3,(H,26,29). The maximum absolute atomic E-state index is 13.1. The minimum Gasteiger partial charge on any atom is -0.344 e. The normalized spacial score (nSPS) is 15.8. The summed E-state index contributed by atoms with van der Waals surface area (Å²) in [6.45, 7) is 3.15. The molecule has 1 fully saturated rings. The van der Waals surface area contributed by atoms with Crippen LogP contribution in [0.5, 0.6) is 0 Å². The van der Waals surface area contributed by atoms with Crippen LogP contribution in [0.4, 0.5) is 0 Å². The molecule has 156 valence electrons. The first-order valence-electron chi connectivity index (χ1n) is 10.7. The fourth-order valence-electron chi connectivity index (χ4n) is 4.16. The van der Waals surface area contributed by atoms with Crippen molar-refractivity contribution in [1.82, 2.24) is 19.8 Å². The minimum atomic E-state index is -0.422. The zero-order valence-corrected chi connectivity index (χ0v) is 17.4. The van der Waals surface area contributed by atoms with Gasteiger partial charge in [-0.1, -0.05) is 48.9 Å². The molecule has 0 bridgehead atoms.